The standard InChI is InChI=1S/C13H23N5O2S/c1-17-12(11(14)8-18-4-6-20-7-5-18)15-16-13(17)21(19)9-10-2-3-10/h10-11H,2-9,14H2,1H3/t11-,21?/m0/s1. The Morgan fingerprint density at radius 2 is 2.10 bits per heavy atom. The summed E-state index contributed by atoms with van der Waals surface area (Å²) in [6.45, 7) is 4.02. The van der Waals surface area contributed by atoms with Crippen LogP contribution >= 0.6 is 0 Å². The van der Waals surface area contributed by atoms with E-state index in [0.717, 1.165) is 32.8 Å². The van der Waals surface area contributed by atoms with Crippen molar-refractivity contribution >= 4 is 10.8 Å². The molecule has 1 aliphatic heterocycles. The van der Waals surface area contributed by atoms with Crippen LogP contribution in [0.5, 0.6) is 0 Å². The number of hydrogen-bond acceptors (Lipinski definition) is 6. The largest absolute Gasteiger partial charge is 0.379 e. The van der Waals surface area contributed by atoms with E-state index >= 15 is 0 Å². The van der Waals surface area contributed by atoms with Crippen molar-refractivity contribution < 1.29 is 8.95 Å². The molecule has 1 unspecified atom stereocenters. The molecule has 2 fully saturated rings. The number of ether oxygens (including phenoxy) is 1. The van der Waals surface area contributed by atoms with Crippen LogP contribution in [-0.2, 0) is 22.6 Å². The third-order valence-electron chi connectivity index (χ3n) is 4.05. The molecule has 1 aromatic heterocycles. The summed E-state index contributed by atoms with van der Waals surface area (Å²) in [7, 11) is 0.791. The average molecular weight is 313 g/mol. The van der Waals surface area contributed by atoms with Crippen LogP contribution in [0.2, 0.25) is 0 Å². The van der Waals surface area contributed by atoms with Crippen LogP contribution in [-0.4, -0.2) is 62.5 Å². The van der Waals surface area contributed by atoms with Gasteiger partial charge in [-0.15, -0.1) is 10.2 Å². The van der Waals surface area contributed by atoms with Crippen molar-refractivity contribution in [1.29, 1.82) is 0 Å². The van der Waals surface area contributed by atoms with Crippen molar-refractivity contribution in [1.82, 2.24) is 19.7 Å². The third-order valence-corrected chi connectivity index (χ3v) is 5.58. The smallest absolute Gasteiger partial charge is 0.221 e. The summed E-state index contributed by atoms with van der Waals surface area (Å²) < 4.78 is 19.4. The molecule has 2 aliphatic rings. The Hall–Kier alpha value is -0.830. The van der Waals surface area contributed by atoms with E-state index in [2.05, 4.69) is 15.1 Å². The van der Waals surface area contributed by atoms with E-state index in [1.54, 1.807) is 0 Å². The van der Waals surface area contributed by atoms with Crippen LogP contribution in [0, 0.1) is 5.92 Å². The molecule has 1 aliphatic carbocycles. The predicted molar refractivity (Wildman–Crippen MR) is 79.2 cm³/mol. The molecular formula is C13H23N5O2S. The quantitative estimate of drug-likeness (QED) is 0.773. The molecular weight excluding hydrogens is 290 g/mol. The first-order valence-electron chi connectivity index (χ1n) is 7.48. The maximum Gasteiger partial charge on any atom is 0.221 e. The van der Waals surface area contributed by atoms with Gasteiger partial charge in [-0.1, -0.05) is 0 Å². The zero-order chi connectivity index (χ0) is 14.8. The van der Waals surface area contributed by atoms with Gasteiger partial charge >= 0.3 is 0 Å². The minimum atomic E-state index is -1.06. The molecule has 118 valence electrons. The number of aromatic nitrogens is 3. The van der Waals surface area contributed by atoms with E-state index in [1.165, 1.54) is 12.8 Å². The van der Waals surface area contributed by atoms with Crippen molar-refractivity contribution in [3.63, 3.8) is 0 Å². The first-order chi connectivity index (χ1) is 10.1. The summed E-state index contributed by atoms with van der Waals surface area (Å²) in [4.78, 5) is 2.27. The molecule has 1 saturated carbocycles. The van der Waals surface area contributed by atoms with Crippen molar-refractivity contribution in [3.8, 4) is 0 Å². The van der Waals surface area contributed by atoms with Crippen molar-refractivity contribution in [3.05, 3.63) is 5.82 Å². The van der Waals surface area contributed by atoms with Crippen LogP contribution in [0.1, 0.15) is 24.7 Å². The maximum atomic E-state index is 12.3. The van der Waals surface area contributed by atoms with E-state index < -0.39 is 10.8 Å². The van der Waals surface area contributed by atoms with Crippen molar-refractivity contribution in [2.24, 2.45) is 18.7 Å². The summed E-state index contributed by atoms with van der Waals surface area (Å²) in [6, 6.07) is -0.215. The minimum Gasteiger partial charge on any atom is -0.379 e. The maximum absolute atomic E-state index is 12.3. The summed E-state index contributed by atoms with van der Waals surface area (Å²) in [5, 5.41) is 8.82. The van der Waals surface area contributed by atoms with Crippen molar-refractivity contribution in [2.45, 2.75) is 24.0 Å². The molecule has 2 atom stereocenters. The van der Waals surface area contributed by atoms with Gasteiger partial charge in [-0.25, -0.2) is 0 Å². The van der Waals surface area contributed by atoms with Gasteiger partial charge in [0.05, 0.1) is 30.1 Å². The minimum absolute atomic E-state index is 0.215. The lowest BCUT2D eigenvalue weighted by Crippen LogP contribution is -2.41. The molecule has 0 amide bonds. The second-order valence-electron chi connectivity index (χ2n) is 5.87. The monoisotopic (exact) mass is 313 g/mol. The topological polar surface area (TPSA) is 86.3 Å². The zero-order valence-electron chi connectivity index (χ0n) is 12.4. The van der Waals surface area contributed by atoms with E-state index in [-0.39, 0.29) is 6.04 Å². The van der Waals surface area contributed by atoms with Crippen LogP contribution in [0.25, 0.3) is 0 Å². The average Bonchev–Trinajstić information content (AvgIpc) is 3.19. The number of rotatable bonds is 6. The molecule has 21 heavy (non-hydrogen) atoms. The highest BCUT2D eigenvalue weighted by Crippen LogP contribution is 2.30. The van der Waals surface area contributed by atoms with Gasteiger partial charge < -0.3 is 15.0 Å². The lowest BCUT2D eigenvalue weighted by atomic mass is 10.2. The third kappa shape index (κ3) is 3.68. The number of nitrogens with two attached hydrogens (primary N) is 1. The Bertz CT molecular complexity index is 511. The molecule has 2 heterocycles. The number of nitrogens with zero attached hydrogens (tertiary/aromatic N) is 4. The fourth-order valence-electron chi connectivity index (χ4n) is 2.56. The Labute approximate surface area is 127 Å². The van der Waals surface area contributed by atoms with Gasteiger partial charge in [0, 0.05) is 32.4 Å². The molecule has 7 nitrogen and oxygen atoms in total. The molecule has 1 aromatic rings. The van der Waals surface area contributed by atoms with Gasteiger partial charge in [-0.3, -0.25) is 9.11 Å². The molecule has 0 aromatic carbocycles. The fourth-order valence-corrected chi connectivity index (χ4v) is 4.01. The van der Waals surface area contributed by atoms with Crippen LogP contribution < -0.4 is 5.73 Å². The Kier molecular flexibility index (Phi) is 4.68. The van der Waals surface area contributed by atoms with Gasteiger partial charge in [0.15, 0.2) is 5.82 Å². The van der Waals surface area contributed by atoms with E-state index in [1.807, 2.05) is 11.6 Å². The van der Waals surface area contributed by atoms with E-state index in [0.29, 0.717) is 22.7 Å². The highest BCUT2D eigenvalue weighted by atomic mass is 32.2. The molecule has 0 bridgehead atoms. The first-order valence-corrected chi connectivity index (χ1v) is 8.80. The lowest BCUT2D eigenvalue weighted by Gasteiger charge is -2.28. The van der Waals surface area contributed by atoms with Gasteiger partial charge in [0.2, 0.25) is 5.16 Å². The van der Waals surface area contributed by atoms with Gasteiger partial charge in [0.1, 0.15) is 0 Å². The van der Waals surface area contributed by atoms with Gasteiger partial charge in [-0.05, 0) is 18.8 Å². The lowest BCUT2D eigenvalue weighted by molar-refractivity contribution is 0.0347. The molecule has 3 rings (SSSR count). The van der Waals surface area contributed by atoms with E-state index in [9.17, 15) is 4.21 Å². The van der Waals surface area contributed by atoms with Crippen LogP contribution in [0.4, 0.5) is 0 Å². The molecule has 2 N–H and O–H groups in total. The number of hydrogen-bond donors (Lipinski definition) is 1. The molecule has 0 radical (unpaired) electrons. The summed E-state index contributed by atoms with van der Waals surface area (Å²) >= 11 is 0. The Morgan fingerprint density at radius 1 is 1.38 bits per heavy atom. The Balaban J connectivity index is 1.64. The van der Waals surface area contributed by atoms with Gasteiger partial charge in [0.25, 0.3) is 0 Å². The summed E-state index contributed by atoms with van der Waals surface area (Å²) in [5.41, 5.74) is 6.25. The number of morpholine rings is 1. The second kappa shape index (κ2) is 6.51. The van der Waals surface area contributed by atoms with Gasteiger partial charge in [-0.2, -0.15) is 0 Å². The highest BCUT2D eigenvalue weighted by Gasteiger charge is 2.28. The molecule has 0 spiro atoms. The van der Waals surface area contributed by atoms with Crippen LogP contribution in [0.15, 0.2) is 5.16 Å². The summed E-state index contributed by atoms with van der Waals surface area (Å²) in [6.07, 6.45) is 2.37. The first kappa shape index (κ1) is 15.1. The normalized spacial score (nSPS) is 23.1. The van der Waals surface area contributed by atoms with Crippen LogP contribution in [0.3, 0.4) is 0 Å². The SMILES string of the molecule is Cn1c([C@@H](N)CN2CCOCC2)nnc1S(=O)CC1CC1. The second-order valence-corrected chi connectivity index (χ2v) is 7.26. The fraction of sp³-hybridized carbons (Fsp3) is 0.846. The Morgan fingerprint density at radius 3 is 2.76 bits per heavy atom. The predicted octanol–water partition coefficient (Wildman–Crippen LogP) is -0.335. The van der Waals surface area contributed by atoms with E-state index in [4.69, 9.17) is 10.5 Å². The van der Waals surface area contributed by atoms with Crippen molar-refractivity contribution in [2.75, 3.05) is 38.6 Å². The molecule has 1 saturated heterocycles. The highest BCUT2D eigenvalue weighted by molar-refractivity contribution is 7.84. The molecule has 8 heteroatoms. The summed E-state index contributed by atoms with van der Waals surface area (Å²) in [5.74, 6) is 2.01. The zero-order valence-corrected chi connectivity index (χ0v) is 13.2.